The first-order valence-electron chi connectivity index (χ1n) is 19.2. The van der Waals surface area contributed by atoms with E-state index in [0.717, 1.165) is 77.7 Å². The monoisotopic (exact) mass is 727 g/mol. The fraction of sp³-hybridized carbons (Fsp3) is 0. The van der Waals surface area contributed by atoms with Crippen molar-refractivity contribution in [2.24, 2.45) is 0 Å². The van der Waals surface area contributed by atoms with Crippen LogP contribution in [0, 0.1) is 0 Å². The summed E-state index contributed by atoms with van der Waals surface area (Å²) < 4.78 is 6.62. The normalized spacial score (nSPS) is 11.5. The minimum Gasteiger partial charge on any atom is -0.455 e. The molecule has 0 atom stereocenters. The van der Waals surface area contributed by atoms with E-state index in [1.165, 1.54) is 27.5 Å². The first kappa shape index (κ1) is 32.7. The average molecular weight is 728 g/mol. The molecule has 266 valence electrons. The smallest absolute Gasteiger partial charge is 0.160 e. The number of para-hydroxylation sites is 1. The summed E-state index contributed by atoms with van der Waals surface area (Å²) >= 11 is 0. The maximum absolute atomic E-state index is 6.62. The van der Waals surface area contributed by atoms with Crippen LogP contribution in [0.1, 0.15) is 0 Å². The van der Waals surface area contributed by atoms with Gasteiger partial charge in [0.25, 0.3) is 0 Å². The van der Waals surface area contributed by atoms with E-state index >= 15 is 0 Å². The molecule has 0 radical (unpaired) electrons. The standard InChI is InChI=1S/C53H33N3O/c1-3-12-34(13-4-1)35-22-24-37(25-23-35)46-33-47(56-53(55-46)40-15-5-2-6-16-40)38-26-28-39(29-27-38)51-50-45-19-9-10-21-49(45)57-52(50)44-31-30-41(32-48(44)54-51)43-20-11-17-36-14-7-8-18-42(36)43/h1-33H. The van der Waals surface area contributed by atoms with Crippen LogP contribution < -0.4 is 0 Å². The molecule has 3 heterocycles. The van der Waals surface area contributed by atoms with E-state index in [1.807, 2.05) is 36.4 Å². The van der Waals surface area contributed by atoms with E-state index in [0.29, 0.717) is 5.82 Å². The molecule has 0 fully saturated rings. The van der Waals surface area contributed by atoms with Crippen LogP contribution in [-0.4, -0.2) is 15.0 Å². The molecule has 0 N–H and O–H groups in total. The minimum atomic E-state index is 0.684. The summed E-state index contributed by atoms with van der Waals surface area (Å²) in [7, 11) is 0. The first-order chi connectivity index (χ1) is 28.2. The minimum absolute atomic E-state index is 0.684. The molecule has 4 nitrogen and oxygen atoms in total. The van der Waals surface area contributed by atoms with Crippen molar-refractivity contribution >= 4 is 43.6 Å². The van der Waals surface area contributed by atoms with Gasteiger partial charge in [-0.3, -0.25) is 0 Å². The van der Waals surface area contributed by atoms with Crippen molar-refractivity contribution in [2.45, 2.75) is 0 Å². The van der Waals surface area contributed by atoms with Gasteiger partial charge in [-0.25, -0.2) is 15.0 Å². The summed E-state index contributed by atoms with van der Waals surface area (Å²) in [6, 6.07) is 69.6. The van der Waals surface area contributed by atoms with Gasteiger partial charge in [0.1, 0.15) is 11.2 Å². The number of fused-ring (bicyclic) bond motifs is 6. The van der Waals surface area contributed by atoms with Crippen molar-refractivity contribution in [1.29, 1.82) is 0 Å². The molecule has 11 rings (SSSR count). The highest BCUT2D eigenvalue weighted by Crippen LogP contribution is 2.41. The lowest BCUT2D eigenvalue weighted by molar-refractivity contribution is 0.672. The van der Waals surface area contributed by atoms with E-state index in [4.69, 9.17) is 19.4 Å². The van der Waals surface area contributed by atoms with Gasteiger partial charge >= 0.3 is 0 Å². The molecule has 3 aromatic heterocycles. The molecule has 0 unspecified atom stereocenters. The van der Waals surface area contributed by atoms with Crippen LogP contribution in [-0.2, 0) is 0 Å². The number of pyridine rings is 1. The molecular weight excluding hydrogens is 695 g/mol. The Morgan fingerprint density at radius 3 is 1.65 bits per heavy atom. The fourth-order valence-corrected chi connectivity index (χ4v) is 8.04. The molecule has 0 amide bonds. The van der Waals surface area contributed by atoms with Gasteiger partial charge in [-0.15, -0.1) is 0 Å². The molecule has 0 spiro atoms. The summed E-state index contributed by atoms with van der Waals surface area (Å²) in [6.45, 7) is 0. The van der Waals surface area contributed by atoms with Crippen molar-refractivity contribution in [3.63, 3.8) is 0 Å². The van der Waals surface area contributed by atoms with Crippen molar-refractivity contribution < 1.29 is 4.42 Å². The van der Waals surface area contributed by atoms with Crippen LogP contribution in [0.3, 0.4) is 0 Å². The summed E-state index contributed by atoms with van der Waals surface area (Å²) in [5.74, 6) is 0.684. The molecule has 57 heavy (non-hydrogen) atoms. The Bertz CT molecular complexity index is 3260. The van der Waals surface area contributed by atoms with Crippen LogP contribution in [0.4, 0.5) is 0 Å². The largest absolute Gasteiger partial charge is 0.455 e. The lowest BCUT2D eigenvalue weighted by Gasteiger charge is -2.12. The molecule has 0 saturated carbocycles. The van der Waals surface area contributed by atoms with Gasteiger partial charge in [-0.2, -0.15) is 0 Å². The zero-order valence-corrected chi connectivity index (χ0v) is 30.8. The average Bonchev–Trinajstić information content (AvgIpc) is 3.69. The fourth-order valence-electron chi connectivity index (χ4n) is 8.04. The third-order valence-corrected chi connectivity index (χ3v) is 10.9. The summed E-state index contributed by atoms with van der Waals surface area (Å²) in [6.07, 6.45) is 0. The SMILES string of the molecule is c1ccc(-c2ccc(-c3cc(-c4ccc(-c5nc6cc(-c7cccc8ccccc78)ccc6c6oc7ccccc7c56)cc4)nc(-c4ccccc4)n3)cc2)cc1. The van der Waals surface area contributed by atoms with Crippen LogP contribution in [0.15, 0.2) is 205 Å². The molecule has 0 saturated heterocycles. The van der Waals surface area contributed by atoms with Gasteiger partial charge < -0.3 is 4.42 Å². The zero-order chi connectivity index (χ0) is 37.7. The topological polar surface area (TPSA) is 51.8 Å². The van der Waals surface area contributed by atoms with Crippen LogP contribution in [0.5, 0.6) is 0 Å². The number of furan rings is 1. The Hall–Kier alpha value is -7.69. The molecule has 4 heteroatoms. The van der Waals surface area contributed by atoms with Gasteiger partial charge in [0.05, 0.1) is 28.0 Å². The second kappa shape index (κ2) is 13.6. The second-order valence-electron chi connectivity index (χ2n) is 14.4. The molecule has 8 aromatic carbocycles. The Kier molecular flexibility index (Phi) is 7.78. The molecule has 11 aromatic rings. The summed E-state index contributed by atoms with van der Waals surface area (Å²) in [5, 5.41) is 5.48. The number of hydrogen-bond acceptors (Lipinski definition) is 4. The quantitative estimate of drug-likeness (QED) is 0.171. The number of hydrogen-bond donors (Lipinski definition) is 0. The van der Waals surface area contributed by atoms with Gasteiger partial charge in [0.15, 0.2) is 5.82 Å². The first-order valence-corrected chi connectivity index (χ1v) is 19.2. The van der Waals surface area contributed by atoms with E-state index < -0.39 is 0 Å². The zero-order valence-electron chi connectivity index (χ0n) is 30.8. The van der Waals surface area contributed by atoms with Gasteiger partial charge in [-0.05, 0) is 57.3 Å². The van der Waals surface area contributed by atoms with Crippen molar-refractivity contribution in [1.82, 2.24) is 15.0 Å². The lowest BCUT2D eigenvalue weighted by Crippen LogP contribution is -1.96. The molecule has 0 aliphatic carbocycles. The van der Waals surface area contributed by atoms with E-state index in [-0.39, 0.29) is 0 Å². The predicted octanol–water partition coefficient (Wildman–Crippen LogP) is 14.1. The van der Waals surface area contributed by atoms with E-state index in [1.54, 1.807) is 0 Å². The third kappa shape index (κ3) is 5.83. The Morgan fingerprint density at radius 2 is 0.912 bits per heavy atom. The van der Waals surface area contributed by atoms with Crippen LogP contribution in [0.25, 0.3) is 111 Å². The van der Waals surface area contributed by atoms with Crippen LogP contribution >= 0.6 is 0 Å². The lowest BCUT2D eigenvalue weighted by atomic mass is 9.96. The second-order valence-corrected chi connectivity index (χ2v) is 14.4. The van der Waals surface area contributed by atoms with E-state index in [2.05, 4.69) is 164 Å². The van der Waals surface area contributed by atoms with Crippen molar-refractivity contribution in [3.8, 4) is 67.4 Å². The predicted molar refractivity (Wildman–Crippen MR) is 235 cm³/mol. The summed E-state index contributed by atoms with van der Waals surface area (Å²) in [4.78, 5) is 15.6. The van der Waals surface area contributed by atoms with E-state index in [9.17, 15) is 0 Å². The summed E-state index contributed by atoms with van der Waals surface area (Å²) in [5.41, 5.74) is 13.8. The Labute approximate surface area is 329 Å². The van der Waals surface area contributed by atoms with Gasteiger partial charge in [-0.1, -0.05) is 176 Å². The molecule has 0 bridgehead atoms. The number of rotatable bonds is 6. The van der Waals surface area contributed by atoms with Gasteiger partial charge in [0, 0.05) is 33.0 Å². The highest BCUT2D eigenvalue weighted by molar-refractivity contribution is 6.19. The number of nitrogens with zero attached hydrogens (tertiary/aromatic N) is 3. The Balaban J connectivity index is 1.04. The molecule has 0 aliphatic rings. The van der Waals surface area contributed by atoms with Gasteiger partial charge in [0.2, 0.25) is 0 Å². The third-order valence-electron chi connectivity index (χ3n) is 10.9. The molecule has 0 aliphatic heterocycles. The van der Waals surface area contributed by atoms with Crippen LogP contribution in [0.2, 0.25) is 0 Å². The van der Waals surface area contributed by atoms with Crippen molar-refractivity contribution in [3.05, 3.63) is 200 Å². The number of benzene rings is 8. The maximum Gasteiger partial charge on any atom is 0.160 e. The highest BCUT2D eigenvalue weighted by Gasteiger charge is 2.19. The molecular formula is C53H33N3O. The Morgan fingerprint density at radius 1 is 0.351 bits per heavy atom. The maximum atomic E-state index is 6.62. The highest BCUT2D eigenvalue weighted by atomic mass is 16.3. The number of aromatic nitrogens is 3. The van der Waals surface area contributed by atoms with Crippen molar-refractivity contribution in [2.75, 3.05) is 0 Å².